The van der Waals surface area contributed by atoms with Crippen molar-refractivity contribution in [1.82, 2.24) is 15.0 Å². The van der Waals surface area contributed by atoms with Gasteiger partial charge in [0.25, 0.3) is 0 Å². The van der Waals surface area contributed by atoms with E-state index in [1.165, 1.54) is 0 Å². The summed E-state index contributed by atoms with van der Waals surface area (Å²) in [5.74, 6) is 0. The van der Waals surface area contributed by atoms with Crippen LogP contribution in [0.4, 0.5) is 0 Å². The lowest BCUT2D eigenvalue weighted by Crippen LogP contribution is -2.25. The SMILES string of the molecule is Cn1cc(CC(C)(O)c2ccccc2Br)nn1. The third-order valence-electron chi connectivity index (χ3n) is 2.63. The molecule has 0 aliphatic rings. The van der Waals surface area contributed by atoms with E-state index in [0.29, 0.717) is 6.42 Å². The molecular weight excluding hydrogens is 282 g/mol. The number of aliphatic hydroxyl groups is 1. The van der Waals surface area contributed by atoms with Gasteiger partial charge in [-0.3, -0.25) is 4.68 Å². The van der Waals surface area contributed by atoms with Gasteiger partial charge in [-0.25, -0.2) is 0 Å². The Labute approximate surface area is 108 Å². The fraction of sp³-hybridized carbons (Fsp3) is 0.333. The Morgan fingerprint density at radius 2 is 2.12 bits per heavy atom. The number of aromatic nitrogens is 3. The number of halogens is 1. The van der Waals surface area contributed by atoms with E-state index in [0.717, 1.165) is 15.7 Å². The molecule has 1 atom stereocenters. The molecule has 17 heavy (non-hydrogen) atoms. The smallest absolute Gasteiger partial charge is 0.0935 e. The summed E-state index contributed by atoms with van der Waals surface area (Å²) < 4.78 is 2.53. The molecule has 2 aromatic rings. The fourth-order valence-corrected chi connectivity index (χ4v) is 2.53. The molecule has 1 aromatic carbocycles. The highest BCUT2D eigenvalue weighted by Gasteiger charge is 2.26. The van der Waals surface area contributed by atoms with Crippen molar-refractivity contribution in [3.63, 3.8) is 0 Å². The molecule has 0 saturated carbocycles. The number of benzene rings is 1. The molecule has 0 bridgehead atoms. The second kappa shape index (κ2) is 4.58. The Morgan fingerprint density at radius 1 is 1.41 bits per heavy atom. The lowest BCUT2D eigenvalue weighted by atomic mass is 9.91. The average molecular weight is 296 g/mol. The van der Waals surface area contributed by atoms with Gasteiger partial charge in [0.2, 0.25) is 0 Å². The van der Waals surface area contributed by atoms with Gasteiger partial charge in [-0.15, -0.1) is 5.10 Å². The third kappa shape index (κ3) is 2.73. The van der Waals surface area contributed by atoms with Gasteiger partial charge in [0.1, 0.15) is 0 Å². The molecule has 0 saturated heterocycles. The van der Waals surface area contributed by atoms with Crippen LogP contribution < -0.4 is 0 Å². The summed E-state index contributed by atoms with van der Waals surface area (Å²) in [6, 6.07) is 7.65. The van der Waals surface area contributed by atoms with Crippen molar-refractivity contribution in [2.45, 2.75) is 18.9 Å². The van der Waals surface area contributed by atoms with Crippen LogP contribution in [-0.4, -0.2) is 20.1 Å². The van der Waals surface area contributed by atoms with E-state index in [2.05, 4.69) is 26.2 Å². The van der Waals surface area contributed by atoms with Crippen LogP contribution in [0.25, 0.3) is 0 Å². The zero-order chi connectivity index (χ0) is 12.5. The van der Waals surface area contributed by atoms with Crippen LogP contribution in [0, 0.1) is 0 Å². The van der Waals surface area contributed by atoms with Gasteiger partial charge >= 0.3 is 0 Å². The molecule has 5 heteroatoms. The van der Waals surface area contributed by atoms with E-state index in [9.17, 15) is 5.11 Å². The molecule has 0 aliphatic carbocycles. The van der Waals surface area contributed by atoms with Crippen LogP contribution in [0.3, 0.4) is 0 Å². The molecule has 0 aliphatic heterocycles. The van der Waals surface area contributed by atoms with Crippen molar-refractivity contribution >= 4 is 15.9 Å². The summed E-state index contributed by atoms with van der Waals surface area (Å²) in [6.07, 6.45) is 2.24. The Kier molecular flexibility index (Phi) is 3.31. The van der Waals surface area contributed by atoms with Gasteiger partial charge in [-0.2, -0.15) is 0 Å². The Morgan fingerprint density at radius 3 is 2.71 bits per heavy atom. The molecule has 1 heterocycles. The first kappa shape index (κ1) is 12.3. The van der Waals surface area contributed by atoms with E-state index < -0.39 is 5.60 Å². The first-order chi connectivity index (χ1) is 7.99. The van der Waals surface area contributed by atoms with Gasteiger partial charge in [-0.05, 0) is 18.6 Å². The molecule has 2 rings (SSSR count). The van der Waals surface area contributed by atoms with Gasteiger partial charge < -0.3 is 5.11 Å². The van der Waals surface area contributed by atoms with Crippen molar-refractivity contribution in [1.29, 1.82) is 0 Å². The predicted molar refractivity (Wildman–Crippen MR) is 68.4 cm³/mol. The maximum atomic E-state index is 10.5. The second-order valence-corrected chi connectivity index (χ2v) is 5.17. The maximum absolute atomic E-state index is 10.5. The molecule has 0 spiro atoms. The largest absolute Gasteiger partial charge is 0.385 e. The summed E-state index contributed by atoms with van der Waals surface area (Å²) in [5, 5.41) is 18.4. The van der Waals surface area contributed by atoms with Crippen LogP contribution in [-0.2, 0) is 19.1 Å². The topological polar surface area (TPSA) is 50.9 Å². The third-order valence-corrected chi connectivity index (χ3v) is 3.32. The number of nitrogens with zero attached hydrogens (tertiary/aromatic N) is 3. The molecule has 1 N–H and O–H groups in total. The minimum Gasteiger partial charge on any atom is -0.385 e. The second-order valence-electron chi connectivity index (χ2n) is 4.31. The van der Waals surface area contributed by atoms with Gasteiger partial charge in [0, 0.05) is 24.1 Å². The number of hydrogen-bond donors (Lipinski definition) is 1. The van der Waals surface area contributed by atoms with Crippen LogP contribution in [0.1, 0.15) is 18.2 Å². The van der Waals surface area contributed by atoms with Crippen molar-refractivity contribution in [2.75, 3.05) is 0 Å². The number of hydrogen-bond acceptors (Lipinski definition) is 3. The average Bonchev–Trinajstić information content (AvgIpc) is 2.63. The molecular formula is C12H14BrN3O. The minimum absolute atomic E-state index is 0.434. The highest BCUT2D eigenvalue weighted by atomic mass is 79.9. The summed E-state index contributed by atoms with van der Waals surface area (Å²) in [7, 11) is 1.81. The lowest BCUT2D eigenvalue weighted by molar-refractivity contribution is 0.0558. The normalized spacial score (nSPS) is 14.6. The summed E-state index contributed by atoms with van der Waals surface area (Å²) in [4.78, 5) is 0. The van der Waals surface area contributed by atoms with Crippen LogP contribution >= 0.6 is 15.9 Å². The van der Waals surface area contributed by atoms with E-state index in [-0.39, 0.29) is 0 Å². The number of rotatable bonds is 3. The maximum Gasteiger partial charge on any atom is 0.0935 e. The zero-order valence-corrected chi connectivity index (χ0v) is 11.3. The standard InChI is InChI=1S/C12H14BrN3O/c1-12(17,7-9-8-16(2)15-14-9)10-5-3-4-6-11(10)13/h3-6,8,17H,7H2,1-2H3. The van der Waals surface area contributed by atoms with E-state index >= 15 is 0 Å². The molecule has 1 unspecified atom stereocenters. The first-order valence-corrected chi connectivity index (χ1v) is 6.11. The fourth-order valence-electron chi connectivity index (χ4n) is 1.82. The summed E-state index contributed by atoms with van der Waals surface area (Å²) in [5.41, 5.74) is 0.662. The van der Waals surface area contributed by atoms with Crippen molar-refractivity contribution < 1.29 is 5.11 Å². The van der Waals surface area contributed by atoms with Gasteiger partial charge in [0.05, 0.1) is 11.3 Å². The zero-order valence-electron chi connectivity index (χ0n) is 9.76. The van der Waals surface area contributed by atoms with Crippen LogP contribution in [0.15, 0.2) is 34.9 Å². The van der Waals surface area contributed by atoms with Crippen LogP contribution in [0.5, 0.6) is 0 Å². The van der Waals surface area contributed by atoms with Gasteiger partial charge in [0.15, 0.2) is 0 Å². The van der Waals surface area contributed by atoms with Crippen molar-refractivity contribution in [3.8, 4) is 0 Å². The predicted octanol–water partition coefficient (Wildman–Crippen LogP) is 2.03. The van der Waals surface area contributed by atoms with Crippen molar-refractivity contribution in [3.05, 3.63) is 46.2 Å². The van der Waals surface area contributed by atoms with E-state index in [1.807, 2.05) is 37.5 Å². The minimum atomic E-state index is -0.962. The van der Waals surface area contributed by atoms with Crippen LogP contribution in [0.2, 0.25) is 0 Å². The Balaban J connectivity index is 2.27. The summed E-state index contributed by atoms with van der Waals surface area (Å²) in [6.45, 7) is 1.78. The molecule has 0 amide bonds. The number of aryl methyl sites for hydroxylation is 1. The highest BCUT2D eigenvalue weighted by Crippen LogP contribution is 2.30. The highest BCUT2D eigenvalue weighted by molar-refractivity contribution is 9.10. The first-order valence-electron chi connectivity index (χ1n) is 5.31. The molecule has 4 nitrogen and oxygen atoms in total. The lowest BCUT2D eigenvalue weighted by Gasteiger charge is -2.23. The molecule has 1 aromatic heterocycles. The Bertz CT molecular complexity index is 522. The molecule has 0 radical (unpaired) electrons. The monoisotopic (exact) mass is 295 g/mol. The molecule has 90 valence electrons. The quantitative estimate of drug-likeness (QED) is 0.943. The molecule has 0 fully saturated rings. The Hall–Kier alpha value is -1.20. The summed E-state index contributed by atoms with van der Waals surface area (Å²) >= 11 is 3.45. The van der Waals surface area contributed by atoms with Crippen molar-refractivity contribution in [2.24, 2.45) is 7.05 Å². The van der Waals surface area contributed by atoms with E-state index in [4.69, 9.17) is 0 Å². The van der Waals surface area contributed by atoms with E-state index in [1.54, 1.807) is 11.6 Å². The van der Waals surface area contributed by atoms with Gasteiger partial charge in [-0.1, -0.05) is 39.3 Å².